The highest BCUT2D eigenvalue weighted by Crippen LogP contribution is 2.14. The third-order valence-corrected chi connectivity index (χ3v) is 4.54. The molecule has 2 atom stereocenters. The average molecular weight is 446 g/mol. The maximum Gasteiger partial charge on any atom is 0.328 e. The summed E-state index contributed by atoms with van der Waals surface area (Å²) in [4.78, 5) is 35.8. The van der Waals surface area contributed by atoms with E-state index < -0.39 is 24.0 Å². The summed E-state index contributed by atoms with van der Waals surface area (Å²) in [5.74, 6) is -1.32. The number of amides is 2. The van der Waals surface area contributed by atoms with Gasteiger partial charge in [-0.15, -0.1) is 0 Å². The topological polar surface area (TPSA) is 84.5 Å². The van der Waals surface area contributed by atoms with Gasteiger partial charge in [0.2, 0.25) is 11.8 Å². The molecule has 0 bridgehead atoms. The number of methoxy groups -OCH3 is 1. The molecule has 2 amide bonds. The molecule has 0 radical (unpaired) electrons. The van der Waals surface area contributed by atoms with E-state index in [4.69, 9.17) is 4.74 Å². The molecule has 0 fully saturated rings. The average Bonchev–Trinajstić information content (AvgIpc) is 2.52. The van der Waals surface area contributed by atoms with Gasteiger partial charge in [0.05, 0.1) is 7.11 Å². The predicted octanol–water partition coefficient (Wildman–Crippen LogP) is 1.65. The van der Waals surface area contributed by atoms with E-state index in [1.165, 1.54) is 14.0 Å². The van der Waals surface area contributed by atoms with Gasteiger partial charge in [0, 0.05) is 16.9 Å². The molecule has 0 aliphatic heterocycles. The van der Waals surface area contributed by atoms with Crippen LogP contribution in [0, 0.1) is 9.49 Å². The first-order valence-electron chi connectivity index (χ1n) is 7.65. The van der Waals surface area contributed by atoms with Crippen LogP contribution in [-0.2, 0) is 25.5 Å². The van der Waals surface area contributed by atoms with Crippen LogP contribution in [-0.4, -0.2) is 37.0 Å². The Morgan fingerprint density at radius 3 is 2.29 bits per heavy atom. The molecule has 6 nitrogen and oxygen atoms in total. The molecule has 0 saturated heterocycles. The third-order valence-electron chi connectivity index (χ3n) is 3.49. The Morgan fingerprint density at radius 2 is 1.79 bits per heavy atom. The zero-order valence-electron chi connectivity index (χ0n) is 14.3. The van der Waals surface area contributed by atoms with Crippen molar-refractivity contribution >= 4 is 40.4 Å². The minimum absolute atomic E-state index is 0.107. The number of benzene rings is 1. The van der Waals surface area contributed by atoms with Crippen LogP contribution in [0.15, 0.2) is 24.3 Å². The van der Waals surface area contributed by atoms with Gasteiger partial charge in [-0.1, -0.05) is 32.0 Å². The number of nitrogens with one attached hydrogen (secondary N) is 2. The van der Waals surface area contributed by atoms with Gasteiger partial charge >= 0.3 is 5.97 Å². The van der Waals surface area contributed by atoms with Crippen molar-refractivity contribution in [1.29, 1.82) is 0 Å². The zero-order chi connectivity index (χ0) is 18.3. The summed E-state index contributed by atoms with van der Waals surface area (Å²) in [5.41, 5.74) is 0.939. The van der Waals surface area contributed by atoms with Crippen molar-refractivity contribution in [1.82, 2.24) is 10.6 Å². The van der Waals surface area contributed by atoms with Crippen LogP contribution in [0.3, 0.4) is 0 Å². The van der Waals surface area contributed by atoms with E-state index in [0.717, 1.165) is 9.13 Å². The van der Waals surface area contributed by atoms with Crippen LogP contribution in [0.1, 0.15) is 26.3 Å². The number of ether oxygens (including phenoxy) is 1. The van der Waals surface area contributed by atoms with Crippen molar-refractivity contribution in [2.45, 2.75) is 39.3 Å². The van der Waals surface area contributed by atoms with Crippen LogP contribution in [0.2, 0.25) is 0 Å². The Balaban J connectivity index is 2.93. The van der Waals surface area contributed by atoms with Crippen LogP contribution < -0.4 is 10.6 Å². The number of halogens is 1. The highest BCUT2D eigenvalue weighted by atomic mass is 127. The van der Waals surface area contributed by atoms with Gasteiger partial charge in [-0.25, -0.2) is 4.79 Å². The molecule has 0 unspecified atom stereocenters. The Bertz CT molecular complexity index is 604. The largest absolute Gasteiger partial charge is 0.467 e. The number of carbonyl (C=O) groups excluding carboxylic acids is 3. The first-order valence-corrected chi connectivity index (χ1v) is 8.72. The predicted molar refractivity (Wildman–Crippen MR) is 99.3 cm³/mol. The Morgan fingerprint density at radius 1 is 1.17 bits per heavy atom. The van der Waals surface area contributed by atoms with Crippen molar-refractivity contribution in [3.63, 3.8) is 0 Å². The maximum atomic E-state index is 12.5. The van der Waals surface area contributed by atoms with E-state index in [0.29, 0.717) is 6.42 Å². The molecule has 1 rings (SSSR count). The quantitative estimate of drug-likeness (QED) is 0.493. The summed E-state index contributed by atoms with van der Waals surface area (Å²) in [6.07, 6.45) is 0.322. The van der Waals surface area contributed by atoms with Crippen molar-refractivity contribution in [3.05, 3.63) is 33.4 Å². The third kappa shape index (κ3) is 6.10. The van der Waals surface area contributed by atoms with Crippen LogP contribution in [0.4, 0.5) is 0 Å². The smallest absolute Gasteiger partial charge is 0.328 e. The van der Waals surface area contributed by atoms with Crippen molar-refractivity contribution in [3.8, 4) is 0 Å². The van der Waals surface area contributed by atoms with Crippen molar-refractivity contribution in [2.75, 3.05) is 7.11 Å². The fourth-order valence-electron chi connectivity index (χ4n) is 2.23. The van der Waals surface area contributed by atoms with Crippen molar-refractivity contribution < 1.29 is 19.1 Å². The molecule has 7 heteroatoms. The summed E-state index contributed by atoms with van der Waals surface area (Å²) in [7, 11) is 1.28. The summed E-state index contributed by atoms with van der Waals surface area (Å²) < 4.78 is 5.80. The molecule has 0 spiro atoms. The molecule has 1 aromatic carbocycles. The number of esters is 1. The first-order chi connectivity index (χ1) is 11.3. The van der Waals surface area contributed by atoms with Gasteiger partial charge in [-0.3, -0.25) is 9.59 Å². The highest BCUT2D eigenvalue weighted by molar-refractivity contribution is 14.1. The summed E-state index contributed by atoms with van der Waals surface area (Å²) in [5, 5.41) is 5.31. The van der Waals surface area contributed by atoms with Gasteiger partial charge in [-0.2, -0.15) is 0 Å². The van der Waals surface area contributed by atoms with Crippen LogP contribution in [0.25, 0.3) is 0 Å². The van der Waals surface area contributed by atoms with Crippen LogP contribution in [0.5, 0.6) is 0 Å². The van der Waals surface area contributed by atoms with Crippen LogP contribution >= 0.6 is 22.6 Å². The fraction of sp³-hybridized carbons (Fsp3) is 0.471. The lowest BCUT2D eigenvalue weighted by Crippen LogP contribution is -2.54. The molecule has 1 aromatic rings. The van der Waals surface area contributed by atoms with Gasteiger partial charge in [0.1, 0.15) is 12.1 Å². The fourth-order valence-corrected chi connectivity index (χ4v) is 2.84. The molecule has 0 aliphatic rings. The molecule has 24 heavy (non-hydrogen) atoms. The number of hydrogen-bond donors (Lipinski definition) is 2. The van der Waals surface area contributed by atoms with E-state index >= 15 is 0 Å². The Hall–Kier alpha value is -1.64. The van der Waals surface area contributed by atoms with Gasteiger partial charge in [0.15, 0.2) is 0 Å². The second-order valence-corrected chi connectivity index (χ2v) is 6.96. The lowest BCUT2D eigenvalue weighted by Gasteiger charge is -2.24. The molecule has 0 aliphatic carbocycles. The second kappa shape index (κ2) is 9.61. The standard InChI is InChI=1S/C17H23IN2O4/c1-10(2)15(19-11(3)21)16(22)20-14(17(23)24-4)9-12-7-5-6-8-13(12)18/h5-8,10,14-15H,9H2,1-4H3,(H,19,21)(H,20,22)/t14-,15-/m1/s1. The van der Waals surface area contributed by atoms with E-state index in [9.17, 15) is 14.4 Å². The maximum absolute atomic E-state index is 12.5. The molecule has 0 saturated carbocycles. The normalized spacial score (nSPS) is 13.1. The molecule has 0 aromatic heterocycles. The lowest BCUT2D eigenvalue weighted by atomic mass is 10.0. The number of rotatable bonds is 7. The molecule has 2 N–H and O–H groups in total. The van der Waals surface area contributed by atoms with Gasteiger partial charge in [-0.05, 0) is 40.1 Å². The van der Waals surface area contributed by atoms with E-state index in [1.54, 1.807) is 0 Å². The zero-order valence-corrected chi connectivity index (χ0v) is 16.4. The lowest BCUT2D eigenvalue weighted by molar-refractivity contribution is -0.145. The molecule has 0 heterocycles. The first kappa shape index (κ1) is 20.4. The minimum atomic E-state index is -0.812. The SMILES string of the molecule is COC(=O)[C@@H](Cc1ccccc1I)NC(=O)[C@H](NC(C)=O)C(C)C. The molecular weight excluding hydrogens is 423 g/mol. The van der Waals surface area contributed by atoms with E-state index in [2.05, 4.69) is 33.2 Å². The Kier molecular flexibility index (Phi) is 8.17. The van der Waals surface area contributed by atoms with Gasteiger partial charge in [0.25, 0.3) is 0 Å². The summed E-state index contributed by atoms with van der Waals surface area (Å²) in [6.45, 7) is 5.01. The molecule has 132 valence electrons. The van der Waals surface area contributed by atoms with E-state index in [-0.39, 0.29) is 11.8 Å². The number of carbonyl (C=O) groups is 3. The minimum Gasteiger partial charge on any atom is -0.467 e. The second-order valence-electron chi connectivity index (χ2n) is 5.80. The highest BCUT2D eigenvalue weighted by Gasteiger charge is 2.29. The number of hydrogen-bond acceptors (Lipinski definition) is 4. The molecular formula is C17H23IN2O4. The van der Waals surface area contributed by atoms with Crippen molar-refractivity contribution in [2.24, 2.45) is 5.92 Å². The summed E-state index contributed by atoms with van der Waals surface area (Å²) >= 11 is 2.18. The summed E-state index contributed by atoms with van der Waals surface area (Å²) in [6, 6.07) is 6.10. The van der Waals surface area contributed by atoms with Gasteiger partial charge < -0.3 is 15.4 Å². The monoisotopic (exact) mass is 446 g/mol. The Labute approximate surface area is 155 Å². The van der Waals surface area contributed by atoms with E-state index in [1.807, 2.05) is 38.1 Å².